The quantitative estimate of drug-likeness (QED) is 0.848. The van der Waals surface area contributed by atoms with E-state index in [2.05, 4.69) is 12.2 Å². The number of nitrogens with zero attached hydrogens (tertiary/aromatic N) is 1. The van der Waals surface area contributed by atoms with Crippen molar-refractivity contribution in [1.29, 1.82) is 0 Å². The molecule has 0 aromatic rings. The fraction of sp³-hybridized carbons (Fsp3) is 0.875. The third-order valence-electron chi connectivity index (χ3n) is 4.80. The summed E-state index contributed by atoms with van der Waals surface area (Å²) in [5.41, 5.74) is 0. The van der Waals surface area contributed by atoms with Gasteiger partial charge in [0.15, 0.2) is 0 Å². The largest absolute Gasteiger partial charge is 0.342 e. The van der Waals surface area contributed by atoms with Crippen LogP contribution in [0.5, 0.6) is 0 Å². The Morgan fingerprint density at radius 3 is 2.67 bits per heavy atom. The van der Waals surface area contributed by atoms with E-state index in [0.717, 1.165) is 13.0 Å². The second kappa shape index (κ2) is 7.52. The third kappa shape index (κ3) is 3.74. The second-order valence-electron chi connectivity index (χ2n) is 6.28. The van der Waals surface area contributed by atoms with Crippen molar-refractivity contribution in [3.8, 4) is 0 Å². The zero-order valence-electron chi connectivity index (χ0n) is 13.4. The maximum absolute atomic E-state index is 12.8. The van der Waals surface area contributed by atoms with Crippen LogP contribution >= 0.6 is 11.8 Å². The Balaban J connectivity index is 2.11. The average Bonchev–Trinajstić information content (AvgIpc) is 2.51. The van der Waals surface area contributed by atoms with E-state index in [9.17, 15) is 9.59 Å². The first-order valence-electron chi connectivity index (χ1n) is 8.30. The molecule has 4 unspecified atom stereocenters. The van der Waals surface area contributed by atoms with Crippen LogP contribution in [0, 0.1) is 5.92 Å². The minimum Gasteiger partial charge on any atom is -0.342 e. The molecule has 21 heavy (non-hydrogen) atoms. The highest BCUT2D eigenvalue weighted by atomic mass is 32.2. The molecule has 0 spiro atoms. The highest BCUT2D eigenvalue weighted by Gasteiger charge is 2.42. The molecule has 0 aliphatic carbocycles. The van der Waals surface area contributed by atoms with Gasteiger partial charge in [-0.05, 0) is 30.9 Å². The molecule has 2 heterocycles. The molecule has 2 saturated heterocycles. The molecule has 0 aromatic carbocycles. The van der Waals surface area contributed by atoms with Gasteiger partial charge in [-0.1, -0.05) is 33.6 Å². The number of carbonyl (C=O) groups is 2. The van der Waals surface area contributed by atoms with E-state index in [0.29, 0.717) is 11.7 Å². The molecule has 2 amide bonds. The zero-order chi connectivity index (χ0) is 15.4. The first kappa shape index (κ1) is 16.7. The number of carbonyl (C=O) groups excluding carboxylic acids is 2. The predicted molar refractivity (Wildman–Crippen MR) is 87.3 cm³/mol. The van der Waals surface area contributed by atoms with E-state index in [-0.39, 0.29) is 29.8 Å². The topological polar surface area (TPSA) is 49.4 Å². The fourth-order valence-electron chi connectivity index (χ4n) is 3.20. The normalized spacial score (nSPS) is 32.0. The van der Waals surface area contributed by atoms with Gasteiger partial charge in [0, 0.05) is 11.8 Å². The van der Waals surface area contributed by atoms with Gasteiger partial charge in [0.25, 0.3) is 0 Å². The van der Waals surface area contributed by atoms with Gasteiger partial charge in [0.1, 0.15) is 12.1 Å². The summed E-state index contributed by atoms with van der Waals surface area (Å²) in [6, 6.07) is -0.612. The Kier molecular flexibility index (Phi) is 5.97. The molecular weight excluding hydrogens is 284 g/mol. The van der Waals surface area contributed by atoms with E-state index in [1.54, 1.807) is 0 Å². The van der Waals surface area contributed by atoms with E-state index in [1.807, 2.05) is 30.5 Å². The van der Waals surface area contributed by atoms with E-state index < -0.39 is 0 Å². The van der Waals surface area contributed by atoms with Crippen LogP contribution in [0.4, 0.5) is 0 Å². The monoisotopic (exact) mass is 312 g/mol. The third-order valence-corrected chi connectivity index (χ3v) is 6.18. The lowest BCUT2D eigenvalue weighted by Crippen LogP contribution is -2.65. The summed E-state index contributed by atoms with van der Waals surface area (Å²) in [7, 11) is 0. The molecule has 0 bridgehead atoms. The molecule has 0 saturated carbocycles. The van der Waals surface area contributed by atoms with Crippen molar-refractivity contribution < 1.29 is 9.59 Å². The number of nitrogens with one attached hydrogen (secondary N) is 1. The van der Waals surface area contributed by atoms with Crippen LogP contribution < -0.4 is 5.32 Å². The van der Waals surface area contributed by atoms with Crippen LogP contribution in [-0.4, -0.2) is 46.3 Å². The van der Waals surface area contributed by atoms with Crippen LogP contribution in [0.1, 0.15) is 52.9 Å². The molecule has 5 heteroatoms. The van der Waals surface area contributed by atoms with Crippen LogP contribution in [0.3, 0.4) is 0 Å². The van der Waals surface area contributed by atoms with E-state index >= 15 is 0 Å². The maximum atomic E-state index is 12.8. The summed E-state index contributed by atoms with van der Waals surface area (Å²) in [5.74, 6) is 1.54. The molecule has 2 aliphatic heterocycles. The summed E-state index contributed by atoms with van der Waals surface area (Å²) in [5, 5.41) is 3.45. The smallest absolute Gasteiger partial charge is 0.246 e. The molecule has 1 N–H and O–H groups in total. The van der Waals surface area contributed by atoms with Gasteiger partial charge in [0.2, 0.25) is 11.8 Å². The van der Waals surface area contributed by atoms with Gasteiger partial charge >= 0.3 is 0 Å². The molecule has 120 valence electrons. The van der Waals surface area contributed by atoms with E-state index in [4.69, 9.17) is 0 Å². The van der Waals surface area contributed by atoms with Gasteiger partial charge in [0.05, 0.1) is 0 Å². The Morgan fingerprint density at radius 2 is 2.10 bits per heavy atom. The average molecular weight is 312 g/mol. The molecule has 0 radical (unpaired) electrons. The number of hydrogen-bond acceptors (Lipinski definition) is 3. The minimum atomic E-state index is -0.334. The lowest BCUT2D eigenvalue weighted by atomic mass is 9.93. The first-order chi connectivity index (χ1) is 10.1. The summed E-state index contributed by atoms with van der Waals surface area (Å²) in [4.78, 5) is 27.0. The summed E-state index contributed by atoms with van der Waals surface area (Å²) >= 11 is 1.96. The Bertz CT molecular complexity index is 382. The van der Waals surface area contributed by atoms with Crippen molar-refractivity contribution in [2.45, 2.75) is 70.2 Å². The predicted octanol–water partition coefficient (Wildman–Crippen LogP) is 2.42. The van der Waals surface area contributed by atoms with Gasteiger partial charge in [-0.2, -0.15) is 11.8 Å². The molecule has 4 nitrogen and oxygen atoms in total. The van der Waals surface area contributed by atoms with Crippen LogP contribution in [0.15, 0.2) is 0 Å². The first-order valence-corrected chi connectivity index (χ1v) is 9.35. The molecule has 2 fully saturated rings. The highest BCUT2D eigenvalue weighted by Crippen LogP contribution is 2.28. The second-order valence-corrected chi connectivity index (χ2v) is 7.68. The Hall–Kier alpha value is -0.710. The standard InChI is InChI=1S/C16H28N2O2S/c1-4-11(3)14-16(20)18(13(5-2)15(19)17-14)10-12-8-6-7-9-21-12/h11-14H,4-10H2,1-3H3,(H,17,19). The lowest BCUT2D eigenvalue weighted by Gasteiger charge is -2.42. The number of hydrogen-bond donors (Lipinski definition) is 1. The number of piperazine rings is 1. The van der Waals surface area contributed by atoms with Crippen molar-refractivity contribution in [2.75, 3.05) is 12.3 Å². The molecule has 2 rings (SSSR count). The van der Waals surface area contributed by atoms with Gasteiger partial charge in [-0.25, -0.2) is 0 Å². The fourth-order valence-corrected chi connectivity index (χ4v) is 4.50. The zero-order valence-corrected chi connectivity index (χ0v) is 14.2. The number of rotatable bonds is 5. The van der Waals surface area contributed by atoms with E-state index in [1.165, 1.54) is 25.0 Å². The maximum Gasteiger partial charge on any atom is 0.246 e. The van der Waals surface area contributed by atoms with Gasteiger partial charge < -0.3 is 10.2 Å². The van der Waals surface area contributed by atoms with Crippen LogP contribution in [-0.2, 0) is 9.59 Å². The van der Waals surface area contributed by atoms with Crippen molar-refractivity contribution in [3.05, 3.63) is 0 Å². The summed E-state index contributed by atoms with van der Waals surface area (Å²) in [6.07, 6.45) is 5.29. The van der Waals surface area contributed by atoms with Crippen LogP contribution in [0.2, 0.25) is 0 Å². The van der Waals surface area contributed by atoms with Crippen molar-refractivity contribution in [2.24, 2.45) is 5.92 Å². The number of thioether (sulfide) groups is 1. The molecule has 4 atom stereocenters. The highest BCUT2D eigenvalue weighted by molar-refractivity contribution is 7.99. The molecule has 2 aliphatic rings. The molecular formula is C16H28N2O2S. The van der Waals surface area contributed by atoms with Crippen LogP contribution in [0.25, 0.3) is 0 Å². The summed E-state index contributed by atoms with van der Waals surface area (Å²) < 4.78 is 0. The lowest BCUT2D eigenvalue weighted by molar-refractivity contribution is -0.151. The Morgan fingerprint density at radius 1 is 1.33 bits per heavy atom. The summed E-state index contributed by atoms with van der Waals surface area (Å²) in [6.45, 7) is 6.84. The molecule has 0 aromatic heterocycles. The van der Waals surface area contributed by atoms with Gasteiger partial charge in [-0.3, -0.25) is 9.59 Å². The van der Waals surface area contributed by atoms with Crippen molar-refractivity contribution in [3.63, 3.8) is 0 Å². The van der Waals surface area contributed by atoms with Gasteiger partial charge in [-0.15, -0.1) is 0 Å². The van der Waals surface area contributed by atoms with Crippen molar-refractivity contribution >= 4 is 23.6 Å². The SMILES string of the molecule is CCC(C)C1NC(=O)C(CC)N(CC2CCCCS2)C1=O. The Labute approximate surface area is 132 Å². The number of amides is 2. The minimum absolute atomic E-state index is 0.0307. The van der Waals surface area contributed by atoms with Crippen molar-refractivity contribution in [1.82, 2.24) is 10.2 Å².